The minimum absolute atomic E-state index is 0.00686. The third-order valence-corrected chi connectivity index (χ3v) is 3.01. The zero-order valence-corrected chi connectivity index (χ0v) is 9.04. The molecule has 1 N–H and O–H groups in total. The average molecular weight is 228 g/mol. The Hall–Kier alpha value is -1.00. The highest BCUT2D eigenvalue weighted by molar-refractivity contribution is 5.27. The van der Waals surface area contributed by atoms with Crippen molar-refractivity contribution >= 4 is 0 Å². The Bertz CT molecular complexity index is 391. The van der Waals surface area contributed by atoms with E-state index in [1.165, 1.54) is 13.2 Å². The van der Waals surface area contributed by atoms with Crippen molar-refractivity contribution < 1.29 is 18.6 Å². The van der Waals surface area contributed by atoms with E-state index < -0.39 is 17.2 Å². The summed E-state index contributed by atoms with van der Waals surface area (Å²) in [5.74, 6) is -1.35. The Kier molecular flexibility index (Phi) is 2.95. The van der Waals surface area contributed by atoms with Crippen LogP contribution in [-0.4, -0.2) is 18.8 Å². The number of methoxy groups -OCH3 is 1. The van der Waals surface area contributed by atoms with Crippen LogP contribution in [0.1, 0.15) is 18.4 Å². The molecule has 0 aliphatic heterocycles. The first-order chi connectivity index (χ1) is 7.58. The Morgan fingerprint density at radius 2 is 2.12 bits per heavy atom. The number of hydrogen-bond acceptors (Lipinski definition) is 2. The van der Waals surface area contributed by atoms with Crippen LogP contribution >= 0.6 is 0 Å². The summed E-state index contributed by atoms with van der Waals surface area (Å²) in [6, 6.07) is 3.24. The van der Waals surface area contributed by atoms with Gasteiger partial charge in [-0.2, -0.15) is 0 Å². The highest BCUT2D eigenvalue weighted by Gasteiger charge is 2.46. The lowest BCUT2D eigenvalue weighted by Crippen LogP contribution is -2.34. The Balaban J connectivity index is 2.38. The monoisotopic (exact) mass is 228 g/mol. The van der Waals surface area contributed by atoms with Crippen LogP contribution in [-0.2, 0) is 10.3 Å². The minimum Gasteiger partial charge on any atom is -0.382 e. The molecule has 16 heavy (non-hydrogen) atoms. The topological polar surface area (TPSA) is 29.5 Å². The lowest BCUT2D eigenvalue weighted by molar-refractivity contribution is -0.0556. The molecule has 1 saturated carbocycles. The van der Waals surface area contributed by atoms with Gasteiger partial charge in [-0.3, -0.25) is 0 Å². The van der Waals surface area contributed by atoms with E-state index in [-0.39, 0.29) is 18.1 Å². The van der Waals surface area contributed by atoms with E-state index in [1.807, 2.05) is 0 Å². The van der Waals surface area contributed by atoms with Crippen LogP contribution in [0, 0.1) is 17.6 Å². The van der Waals surface area contributed by atoms with E-state index in [4.69, 9.17) is 4.74 Å². The first kappa shape index (κ1) is 11.5. The summed E-state index contributed by atoms with van der Waals surface area (Å²) in [6.45, 7) is 0.0280. The molecular weight excluding hydrogens is 214 g/mol. The molecule has 4 heteroatoms. The van der Waals surface area contributed by atoms with Crippen LogP contribution in [0.25, 0.3) is 0 Å². The van der Waals surface area contributed by atoms with Gasteiger partial charge in [0.25, 0.3) is 0 Å². The molecular formula is C12H14F2O2. The van der Waals surface area contributed by atoms with Gasteiger partial charge in [0.15, 0.2) is 0 Å². The molecule has 1 atom stereocenters. The predicted molar refractivity (Wildman–Crippen MR) is 54.9 cm³/mol. The molecule has 0 radical (unpaired) electrons. The van der Waals surface area contributed by atoms with Crippen molar-refractivity contribution in [1.29, 1.82) is 0 Å². The van der Waals surface area contributed by atoms with Gasteiger partial charge in [0, 0.05) is 18.7 Å². The second-order valence-corrected chi connectivity index (χ2v) is 4.26. The molecule has 0 amide bonds. The predicted octanol–water partition coefficient (Wildman–Crippen LogP) is 2.21. The van der Waals surface area contributed by atoms with Crippen LogP contribution in [0.2, 0.25) is 0 Å². The van der Waals surface area contributed by atoms with Crippen LogP contribution in [0.4, 0.5) is 8.78 Å². The number of benzene rings is 1. The van der Waals surface area contributed by atoms with Crippen LogP contribution in [0.15, 0.2) is 18.2 Å². The first-order valence-corrected chi connectivity index (χ1v) is 5.25. The van der Waals surface area contributed by atoms with Gasteiger partial charge in [-0.25, -0.2) is 8.78 Å². The molecule has 1 unspecified atom stereocenters. The van der Waals surface area contributed by atoms with Crippen molar-refractivity contribution in [2.45, 2.75) is 18.4 Å². The van der Waals surface area contributed by atoms with Crippen LogP contribution in [0.3, 0.4) is 0 Å². The highest BCUT2D eigenvalue weighted by atomic mass is 19.1. The summed E-state index contributed by atoms with van der Waals surface area (Å²) in [5, 5.41) is 10.4. The summed E-state index contributed by atoms with van der Waals surface area (Å²) < 4.78 is 31.3. The maximum atomic E-state index is 13.6. The van der Waals surface area contributed by atoms with Crippen molar-refractivity contribution in [3.63, 3.8) is 0 Å². The molecule has 0 heterocycles. The van der Waals surface area contributed by atoms with E-state index in [2.05, 4.69) is 0 Å². The van der Waals surface area contributed by atoms with Crippen molar-refractivity contribution in [3.8, 4) is 0 Å². The molecule has 1 aliphatic rings. The van der Waals surface area contributed by atoms with Crippen LogP contribution < -0.4 is 0 Å². The zero-order valence-electron chi connectivity index (χ0n) is 9.04. The van der Waals surface area contributed by atoms with Crippen molar-refractivity contribution in [1.82, 2.24) is 0 Å². The van der Waals surface area contributed by atoms with E-state index in [0.29, 0.717) is 0 Å². The van der Waals surface area contributed by atoms with E-state index in [9.17, 15) is 13.9 Å². The number of halogens is 2. The molecule has 1 aromatic carbocycles. The van der Waals surface area contributed by atoms with E-state index in [1.54, 1.807) is 0 Å². The minimum atomic E-state index is -1.33. The maximum absolute atomic E-state index is 13.6. The smallest absolute Gasteiger partial charge is 0.132 e. The number of hydrogen-bond donors (Lipinski definition) is 1. The summed E-state index contributed by atoms with van der Waals surface area (Å²) in [5.41, 5.74) is -1.20. The Morgan fingerprint density at radius 1 is 1.44 bits per heavy atom. The number of rotatable bonds is 4. The fraction of sp³-hybridized carbons (Fsp3) is 0.500. The van der Waals surface area contributed by atoms with Gasteiger partial charge in [0.05, 0.1) is 6.61 Å². The molecule has 2 rings (SSSR count). The lowest BCUT2D eigenvalue weighted by Gasteiger charge is -2.28. The van der Waals surface area contributed by atoms with Gasteiger partial charge in [0.2, 0.25) is 0 Å². The van der Waals surface area contributed by atoms with Crippen LogP contribution in [0.5, 0.6) is 0 Å². The third kappa shape index (κ3) is 1.95. The normalized spacial score (nSPS) is 19.5. The molecule has 0 bridgehead atoms. The standard InChI is InChI=1S/C12H14F2O2/c1-16-7-12(15,8-2-3-8)10-5-4-9(13)6-11(10)14/h4-6,8,15H,2-3,7H2,1H3. The SMILES string of the molecule is COCC(O)(c1ccc(F)cc1F)C1CC1. The molecule has 88 valence electrons. The quantitative estimate of drug-likeness (QED) is 0.856. The molecule has 0 saturated heterocycles. The Labute approximate surface area is 92.9 Å². The second kappa shape index (κ2) is 4.11. The lowest BCUT2D eigenvalue weighted by atomic mass is 9.89. The highest BCUT2D eigenvalue weighted by Crippen LogP contribution is 2.46. The van der Waals surface area contributed by atoms with Crippen molar-refractivity contribution in [2.24, 2.45) is 5.92 Å². The number of aliphatic hydroxyl groups is 1. The summed E-state index contributed by atoms with van der Waals surface area (Å²) in [4.78, 5) is 0. The zero-order chi connectivity index (χ0) is 11.8. The van der Waals surface area contributed by atoms with Gasteiger partial charge in [-0.1, -0.05) is 6.07 Å². The van der Waals surface area contributed by atoms with Gasteiger partial charge < -0.3 is 9.84 Å². The molecule has 1 aromatic rings. The van der Waals surface area contributed by atoms with Gasteiger partial charge >= 0.3 is 0 Å². The van der Waals surface area contributed by atoms with Crippen molar-refractivity contribution in [3.05, 3.63) is 35.4 Å². The van der Waals surface area contributed by atoms with Gasteiger partial charge in [-0.05, 0) is 24.8 Å². The van der Waals surface area contributed by atoms with Crippen molar-refractivity contribution in [2.75, 3.05) is 13.7 Å². The average Bonchev–Trinajstić information content (AvgIpc) is 3.00. The summed E-state index contributed by atoms with van der Waals surface area (Å²) >= 11 is 0. The molecule has 2 nitrogen and oxygen atoms in total. The first-order valence-electron chi connectivity index (χ1n) is 5.25. The molecule has 0 spiro atoms. The number of ether oxygens (including phenoxy) is 1. The van der Waals surface area contributed by atoms with E-state index >= 15 is 0 Å². The second-order valence-electron chi connectivity index (χ2n) is 4.26. The summed E-state index contributed by atoms with van der Waals surface area (Å²) in [6.07, 6.45) is 1.69. The molecule has 1 aliphatic carbocycles. The third-order valence-electron chi connectivity index (χ3n) is 3.01. The van der Waals surface area contributed by atoms with Gasteiger partial charge in [-0.15, -0.1) is 0 Å². The summed E-state index contributed by atoms with van der Waals surface area (Å²) in [7, 11) is 1.45. The molecule has 1 fully saturated rings. The largest absolute Gasteiger partial charge is 0.382 e. The Morgan fingerprint density at radius 3 is 2.62 bits per heavy atom. The fourth-order valence-corrected chi connectivity index (χ4v) is 2.04. The van der Waals surface area contributed by atoms with E-state index in [0.717, 1.165) is 25.0 Å². The molecule has 0 aromatic heterocycles. The van der Waals surface area contributed by atoms with Gasteiger partial charge in [0.1, 0.15) is 17.2 Å². The fourth-order valence-electron chi connectivity index (χ4n) is 2.04. The maximum Gasteiger partial charge on any atom is 0.132 e.